The van der Waals surface area contributed by atoms with Gasteiger partial charge in [-0.25, -0.2) is 0 Å². The summed E-state index contributed by atoms with van der Waals surface area (Å²) in [5, 5.41) is 0. The highest BCUT2D eigenvalue weighted by Crippen LogP contribution is 2.36. The molecule has 0 aliphatic heterocycles. The van der Waals surface area contributed by atoms with Gasteiger partial charge in [-0.05, 0) is 36.5 Å². The number of nitrogens with one attached hydrogen (secondary N) is 1. The fourth-order valence-electron chi connectivity index (χ4n) is 2.06. The molecule has 1 fully saturated rings. The number of nitrogens with two attached hydrogens (primary N) is 1. The zero-order valence-electron chi connectivity index (χ0n) is 10.4. The molecule has 0 heterocycles. The number of rotatable bonds is 6. The van der Waals surface area contributed by atoms with Gasteiger partial charge in [0.2, 0.25) is 0 Å². The fraction of sp³-hybridized carbons (Fsp3) is 0.538. The summed E-state index contributed by atoms with van der Waals surface area (Å²) in [6.45, 7) is 0. The Morgan fingerprint density at radius 2 is 1.89 bits per heavy atom. The van der Waals surface area contributed by atoms with E-state index in [2.05, 4.69) is 10.2 Å². The highest BCUT2D eigenvalue weighted by Gasteiger charge is 2.31. The Bertz CT molecular complexity index is 401. The van der Waals surface area contributed by atoms with E-state index in [1.807, 2.05) is 0 Å². The minimum Gasteiger partial charge on any atom is -0.406 e. The Labute approximate surface area is 109 Å². The normalized spacial score (nSPS) is 17.3. The van der Waals surface area contributed by atoms with Gasteiger partial charge < -0.3 is 4.74 Å². The first-order chi connectivity index (χ1) is 8.98. The van der Waals surface area contributed by atoms with Gasteiger partial charge in [0.05, 0.1) is 0 Å². The van der Waals surface area contributed by atoms with Gasteiger partial charge in [0.25, 0.3) is 0 Å². The Morgan fingerprint density at radius 1 is 1.26 bits per heavy atom. The zero-order chi connectivity index (χ0) is 13.9. The lowest BCUT2D eigenvalue weighted by Crippen LogP contribution is -2.28. The lowest BCUT2D eigenvalue weighted by atomic mass is 10.0. The predicted octanol–water partition coefficient (Wildman–Crippen LogP) is 3.28. The SMILES string of the molecule is NNC(CCC1CC1)c1ccc(OC(F)(F)F)cc1. The molecular formula is C13H17F3N2O. The van der Waals surface area contributed by atoms with Crippen LogP contribution in [0.25, 0.3) is 0 Å². The van der Waals surface area contributed by atoms with Crippen LogP contribution < -0.4 is 16.0 Å². The highest BCUT2D eigenvalue weighted by atomic mass is 19.4. The van der Waals surface area contributed by atoms with Gasteiger partial charge in [-0.1, -0.05) is 25.0 Å². The maximum atomic E-state index is 12.0. The van der Waals surface area contributed by atoms with Gasteiger partial charge in [0, 0.05) is 6.04 Å². The standard InChI is InChI=1S/C13H17F3N2O/c14-13(15,16)19-11-6-4-10(5-7-11)12(18-17)8-3-9-1-2-9/h4-7,9,12,18H,1-3,8,17H2. The number of alkyl halides is 3. The average Bonchev–Trinajstić information content (AvgIpc) is 3.14. The molecule has 2 rings (SSSR count). The molecule has 0 aromatic heterocycles. The van der Waals surface area contributed by atoms with Crippen molar-refractivity contribution in [2.24, 2.45) is 11.8 Å². The topological polar surface area (TPSA) is 47.3 Å². The molecule has 3 N–H and O–H groups in total. The second kappa shape index (κ2) is 5.79. The predicted molar refractivity (Wildman–Crippen MR) is 65.1 cm³/mol. The Kier molecular flexibility index (Phi) is 4.31. The monoisotopic (exact) mass is 274 g/mol. The van der Waals surface area contributed by atoms with Gasteiger partial charge in [-0.15, -0.1) is 13.2 Å². The number of hydrogen-bond acceptors (Lipinski definition) is 3. The zero-order valence-corrected chi connectivity index (χ0v) is 10.4. The van der Waals surface area contributed by atoms with E-state index in [1.54, 1.807) is 12.1 Å². The number of halogens is 3. The van der Waals surface area contributed by atoms with Crippen molar-refractivity contribution in [1.29, 1.82) is 0 Å². The third kappa shape index (κ3) is 4.72. The van der Waals surface area contributed by atoms with Gasteiger partial charge in [-0.3, -0.25) is 11.3 Å². The van der Waals surface area contributed by atoms with Crippen LogP contribution in [-0.2, 0) is 0 Å². The lowest BCUT2D eigenvalue weighted by molar-refractivity contribution is -0.274. The third-order valence-corrected chi connectivity index (χ3v) is 3.28. The number of ether oxygens (including phenoxy) is 1. The van der Waals surface area contributed by atoms with Crippen molar-refractivity contribution in [2.45, 2.75) is 38.1 Å². The van der Waals surface area contributed by atoms with Crippen molar-refractivity contribution in [1.82, 2.24) is 5.43 Å². The molecule has 106 valence electrons. The first-order valence-corrected chi connectivity index (χ1v) is 6.30. The van der Waals surface area contributed by atoms with Crippen molar-refractivity contribution in [3.8, 4) is 5.75 Å². The quantitative estimate of drug-likeness (QED) is 0.618. The van der Waals surface area contributed by atoms with Crippen LogP contribution in [0.5, 0.6) is 5.75 Å². The molecule has 1 unspecified atom stereocenters. The molecule has 6 heteroatoms. The first-order valence-electron chi connectivity index (χ1n) is 6.30. The van der Waals surface area contributed by atoms with Crippen LogP contribution >= 0.6 is 0 Å². The van der Waals surface area contributed by atoms with E-state index >= 15 is 0 Å². The summed E-state index contributed by atoms with van der Waals surface area (Å²) in [4.78, 5) is 0. The smallest absolute Gasteiger partial charge is 0.406 e. The van der Waals surface area contributed by atoms with E-state index in [0.717, 1.165) is 24.3 Å². The summed E-state index contributed by atoms with van der Waals surface area (Å²) >= 11 is 0. The highest BCUT2D eigenvalue weighted by molar-refractivity contribution is 5.29. The minimum absolute atomic E-state index is 0.0273. The molecule has 0 saturated heterocycles. The van der Waals surface area contributed by atoms with Crippen LogP contribution in [0.15, 0.2) is 24.3 Å². The molecule has 19 heavy (non-hydrogen) atoms. The summed E-state index contributed by atoms with van der Waals surface area (Å²) in [6.07, 6.45) is -0.124. The van der Waals surface area contributed by atoms with Crippen LogP contribution in [0.4, 0.5) is 13.2 Å². The molecule has 0 amide bonds. The van der Waals surface area contributed by atoms with E-state index in [0.29, 0.717) is 0 Å². The minimum atomic E-state index is -4.65. The van der Waals surface area contributed by atoms with E-state index in [1.165, 1.54) is 25.0 Å². The number of hydrogen-bond donors (Lipinski definition) is 2. The van der Waals surface area contributed by atoms with Crippen LogP contribution in [0.3, 0.4) is 0 Å². The third-order valence-electron chi connectivity index (χ3n) is 3.28. The van der Waals surface area contributed by atoms with E-state index in [9.17, 15) is 13.2 Å². The van der Waals surface area contributed by atoms with Crippen LogP contribution in [0, 0.1) is 5.92 Å². The van der Waals surface area contributed by atoms with Crippen LogP contribution in [-0.4, -0.2) is 6.36 Å². The Morgan fingerprint density at radius 3 is 2.37 bits per heavy atom. The molecule has 0 spiro atoms. The van der Waals surface area contributed by atoms with Crippen LogP contribution in [0.1, 0.15) is 37.3 Å². The number of benzene rings is 1. The molecule has 1 aliphatic carbocycles. The average molecular weight is 274 g/mol. The maximum absolute atomic E-state index is 12.0. The maximum Gasteiger partial charge on any atom is 0.573 e. The van der Waals surface area contributed by atoms with E-state index in [-0.39, 0.29) is 11.8 Å². The summed E-state index contributed by atoms with van der Waals surface area (Å²) in [7, 11) is 0. The van der Waals surface area contributed by atoms with Gasteiger partial charge >= 0.3 is 6.36 Å². The summed E-state index contributed by atoms with van der Waals surface area (Å²) in [6, 6.07) is 5.81. The van der Waals surface area contributed by atoms with Gasteiger partial charge in [0.1, 0.15) is 5.75 Å². The second-order valence-electron chi connectivity index (χ2n) is 4.86. The molecule has 1 atom stereocenters. The van der Waals surface area contributed by atoms with Crippen molar-refractivity contribution in [3.05, 3.63) is 29.8 Å². The Hall–Kier alpha value is -1.27. The molecule has 3 nitrogen and oxygen atoms in total. The summed E-state index contributed by atoms with van der Waals surface area (Å²) in [5.74, 6) is 6.07. The molecule has 0 bridgehead atoms. The molecule has 1 aromatic rings. The largest absolute Gasteiger partial charge is 0.573 e. The van der Waals surface area contributed by atoms with Crippen molar-refractivity contribution in [3.63, 3.8) is 0 Å². The van der Waals surface area contributed by atoms with Gasteiger partial charge in [0.15, 0.2) is 0 Å². The molecule has 1 aromatic carbocycles. The van der Waals surface area contributed by atoms with Crippen LogP contribution in [0.2, 0.25) is 0 Å². The molecule has 1 aliphatic rings. The molecule has 1 saturated carbocycles. The molecule has 0 radical (unpaired) electrons. The van der Waals surface area contributed by atoms with Crippen molar-refractivity contribution >= 4 is 0 Å². The van der Waals surface area contributed by atoms with Crippen molar-refractivity contribution < 1.29 is 17.9 Å². The number of hydrazine groups is 1. The first kappa shape index (κ1) is 14.1. The second-order valence-corrected chi connectivity index (χ2v) is 4.86. The van der Waals surface area contributed by atoms with E-state index < -0.39 is 6.36 Å². The lowest BCUT2D eigenvalue weighted by Gasteiger charge is -2.17. The van der Waals surface area contributed by atoms with Gasteiger partial charge in [-0.2, -0.15) is 0 Å². The summed E-state index contributed by atoms with van der Waals surface area (Å²) < 4.78 is 39.9. The van der Waals surface area contributed by atoms with E-state index in [4.69, 9.17) is 5.84 Å². The molecular weight excluding hydrogens is 257 g/mol. The fourth-order valence-corrected chi connectivity index (χ4v) is 2.06. The Balaban J connectivity index is 1.94. The summed E-state index contributed by atoms with van der Waals surface area (Å²) in [5.41, 5.74) is 3.58. The van der Waals surface area contributed by atoms with Crippen molar-refractivity contribution in [2.75, 3.05) is 0 Å².